The van der Waals surface area contributed by atoms with E-state index in [4.69, 9.17) is 28.9 Å². The molecule has 0 aliphatic carbocycles. The Morgan fingerprint density at radius 3 is 2.20 bits per heavy atom. The normalized spacial score (nSPS) is 12.3. The van der Waals surface area contributed by atoms with Gasteiger partial charge in [0.25, 0.3) is 0 Å². The van der Waals surface area contributed by atoms with Crippen molar-refractivity contribution in [1.82, 2.24) is 0 Å². The molecule has 1 unspecified atom stereocenters. The molecule has 0 aliphatic heterocycles. The van der Waals surface area contributed by atoms with E-state index >= 15 is 0 Å². The zero-order valence-corrected chi connectivity index (χ0v) is 6.96. The lowest BCUT2D eigenvalue weighted by Gasteiger charge is -1.99. The van der Waals surface area contributed by atoms with E-state index in [0.717, 1.165) is 31.6 Å². The first-order valence-electron chi connectivity index (χ1n) is 3.23. The summed E-state index contributed by atoms with van der Waals surface area (Å²) in [6.07, 6.45) is 4.21. The number of nitrogens with two attached hydrogens (primary N) is 1. The van der Waals surface area contributed by atoms with E-state index in [1.807, 2.05) is 0 Å². The molecule has 0 rings (SSSR count). The zero-order valence-electron chi connectivity index (χ0n) is 5.45. The summed E-state index contributed by atoms with van der Waals surface area (Å²) in [5, 5.41) is 0. The second-order valence-electron chi connectivity index (χ2n) is 2.05. The van der Waals surface area contributed by atoms with Gasteiger partial charge in [-0.05, 0) is 12.8 Å². The van der Waals surface area contributed by atoms with Crippen LogP contribution >= 0.6 is 23.2 Å². The third-order valence-corrected chi connectivity index (χ3v) is 1.60. The number of rotatable bonds is 5. The van der Waals surface area contributed by atoms with Crippen molar-refractivity contribution in [2.24, 2.45) is 5.73 Å². The van der Waals surface area contributed by atoms with Crippen LogP contribution in [0.25, 0.3) is 0 Å². The van der Waals surface area contributed by atoms with Gasteiger partial charge in [-0.2, -0.15) is 0 Å². The Morgan fingerprint density at radius 1 is 1.20 bits per heavy atom. The Labute approximate surface area is 88.8 Å². The molecule has 2 N–H and O–H groups in total. The van der Waals surface area contributed by atoms with Crippen LogP contribution in [0.4, 0.5) is 0 Å². The van der Waals surface area contributed by atoms with Crippen LogP contribution in [0.1, 0.15) is 25.7 Å². The summed E-state index contributed by atoms with van der Waals surface area (Å²) in [4.78, 5) is 0. The van der Waals surface area contributed by atoms with Gasteiger partial charge in [0, 0.05) is 5.88 Å². The summed E-state index contributed by atoms with van der Waals surface area (Å²) in [5.74, 6) is 0.748. The summed E-state index contributed by atoms with van der Waals surface area (Å²) in [6.45, 7) is 0. The molecule has 0 spiro atoms. The highest BCUT2D eigenvalue weighted by molar-refractivity contribution is 6.20. The predicted octanol–water partition coefficient (Wildman–Crippen LogP) is 1.39. The maximum Gasteiger partial charge on any atom is 0.316 e. The van der Waals surface area contributed by atoms with E-state index in [1.54, 1.807) is 0 Å². The third-order valence-electron chi connectivity index (χ3n) is 1.11. The lowest BCUT2D eigenvalue weighted by molar-refractivity contribution is 0.652. The van der Waals surface area contributed by atoms with Gasteiger partial charge in [0.2, 0.25) is 0 Å². The first kappa shape index (κ1) is 13.9. The lowest BCUT2D eigenvalue weighted by Crippen LogP contribution is -2.10. The van der Waals surface area contributed by atoms with Crippen molar-refractivity contribution >= 4 is 46.3 Å². The van der Waals surface area contributed by atoms with Crippen LogP contribution in [0.2, 0.25) is 0 Å². The second-order valence-corrected chi connectivity index (χ2v) is 2.99. The molecule has 0 saturated carbocycles. The van der Waals surface area contributed by atoms with E-state index in [2.05, 4.69) is 0 Å². The van der Waals surface area contributed by atoms with Crippen LogP contribution < -0.4 is 5.73 Å². The fraction of sp³-hybridized carbons (Fsp3) is 1.00. The molecular formula is C6H15Cl2MgN. The summed E-state index contributed by atoms with van der Waals surface area (Å²) < 4.78 is 0. The smallest absolute Gasteiger partial charge is 0.315 e. The molecule has 60 valence electrons. The minimum atomic E-state index is -0.166. The molecule has 10 heavy (non-hydrogen) atoms. The van der Waals surface area contributed by atoms with E-state index in [9.17, 15) is 0 Å². The van der Waals surface area contributed by atoms with Crippen LogP contribution in [0.5, 0.6) is 0 Å². The first-order valence-corrected chi connectivity index (χ1v) is 4.20. The van der Waals surface area contributed by atoms with Gasteiger partial charge < -0.3 is 5.73 Å². The molecule has 0 aromatic heterocycles. The first-order chi connectivity index (χ1) is 4.27. The number of halogens is 2. The van der Waals surface area contributed by atoms with E-state index in [1.165, 1.54) is 0 Å². The molecule has 1 atom stereocenters. The number of hydrogen-bond donors (Lipinski definition) is 1. The quantitative estimate of drug-likeness (QED) is 0.306. The van der Waals surface area contributed by atoms with E-state index < -0.39 is 0 Å². The largest absolute Gasteiger partial charge is 0.316 e. The highest BCUT2D eigenvalue weighted by Gasteiger charge is 1.94. The fourth-order valence-corrected chi connectivity index (χ4v) is 0.954. The van der Waals surface area contributed by atoms with Gasteiger partial charge in [-0.1, -0.05) is 12.8 Å². The Balaban J connectivity index is 0. The maximum absolute atomic E-state index is 5.50. The fourth-order valence-electron chi connectivity index (χ4n) is 0.611. The Kier molecular flexibility index (Phi) is 14.3. The molecular weight excluding hydrogens is 181 g/mol. The highest BCUT2D eigenvalue weighted by atomic mass is 35.5. The van der Waals surface area contributed by atoms with Crippen LogP contribution in [0.3, 0.4) is 0 Å². The van der Waals surface area contributed by atoms with Crippen molar-refractivity contribution in [3.05, 3.63) is 0 Å². The van der Waals surface area contributed by atoms with Gasteiger partial charge in [-0.3, -0.25) is 0 Å². The maximum atomic E-state index is 5.50. The Morgan fingerprint density at radius 2 is 1.80 bits per heavy atom. The Bertz CT molecular complexity index is 61.7. The topological polar surface area (TPSA) is 26.0 Å². The van der Waals surface area contributed by atoms with Gasteiger partial charge in [0.05, 0.1) is 5.50 Å². The number of alkyl halides is 2. The van der Waals surface area contributed by atoms with Gasteiger partial charge in [-0.15, -0.1) is 23.2 Å². The Hall–Kier alpha value is 1.31. The number of hydrogen-bond acceptors (Lipinski definition) is 1. The predicted molar refractivity (Wildman–Crippen MR) is 51.6 cm³/mol. The zero-order chi connectivity index (χ0) is 7.11. The van der Waals surface area contributed by atoms with Crippen molar-refractivity contribution in [2.45, 2.75) is 31.2 Å². The second kappa shape index (κ2) is 10.3. The SMILES string of the molecule is NC(Cl)CCCCCCl.[MgH2]. The van der Waals surface area contributed by atoms with Gasteiger partial charge >= 0.3 is 23.1 Å². The van der Waals surface area contributed by atoms with Crippen LogP contribution in [0.15, 0.2) is 0 Å². The van der Waals surface area contributed by atoms with Crippen LogP contribution in [-0.2, 0) is 0 Å². The molecule has 0 saturated heterocycles. The van der Waals surface area contributed by atoms with Crippen molar-refractivity contribution in [2.75, 3.05) is 5.88 Å². The lowest BCUT2D eigenvalue weighted by atomic mass is 10.2. The molecule has 0 amide bonds. The standard InChI is InChI=1S/C6H13Cl2N.Mg.2H/c7-5-3-1-2-4-6(8)9;;;/h6H,1-5,9H2;;;. The molecule has 0 bridgehead atoms. The molecule has 0 aliphatic rings. The molecule has 0 aromatic carbocycles. The summed E-state index contributed by atoms with van der Waals surface area (Å²) >= 11 is 11.0. The molecule has 0 radical (unpaired) electrons. The minimum Gasteiger partial charge on any atom is -0.315 e. The summed E-state index contributed by atoms with van der Waals surface area (Å²) in [7, 11) is 0. The van der Waals surface area contributed by atoms with Gasteiger partial charge in [0.1, 0.15) is 0 Å². The molecule has 4 heteroatoms. The average Bonchev–Trinajstić information content (AvgIpc) is 1.80. The van der Waals surface area contributed by atoms with Crippen molar-refractivity contribution in [1.29, 1.82) is 0 Å². The number of unbranched alkanes of at least 4 members (excludes halogenated alkanes) is 2. The monoisotopic (exact) mass is 195 g/mol. The van der Waals surface area contributed by atoms with E-state index in [-0.39, 0.29) is 28.6 Å². The van der Waals surface area contributed by atoms with Crippen molar-refractivity contribution in [3.8, 4) is 0 Å². The molecule has 1 nitrogen and oxygen atoms in total. The highest BCUT2D eigenvalue weighted by Crippen LogP contribution is 2.04. The van der Waals surface area contributed by atoms with Crippen LogP contribution in [0, 0.1) is 0 Å². The van der Waals surface area contributed by atoms with Crippen molar-refractivity contribution in [3.63, 3.8) is 0 Å². The van der Waals surface area contributed by atoms with E-state index in [0.29, 0.717) is 0 Å². The average molecular weight is 196 g/mol. The van der Waals surface area contributed by atoms with Crippen LogP contribution in [-0.4, -0.2) is 34.4 Å². The molecule has 0 fully saturated rings. The third kappa shape index (κ3) is 12.0. The summed E-state index contributed by atoms with van der Waals surface area (Å²) in [6, 6.07) is 0. The van der Waals surface area contributed by atoms with Crippen molar-refractivity contribution < 1.29 is 0 Å². The van der Waals surface area contributed by atoms with Gasteiger partial charge in [-0.25, -0.2) is 0 Å². The summed E-state index contributed by atoms with van der Waals surface area (Å²) in [5.41, 5.74) is 5.14. The molecule has 0 heterocycles. The molecule has 0 aromatic rings. The minimum absolute atomic E-state index is 0. The van der Waals surface area contributed by atoms with Gasteiger partial charge in [0.15, 0.2) is 0 Å².